The molecule has 0 saturated carbocycles. The molecule has 1 fully saturated rings. The standard InChI is InChI=1S/C14H17NO4/c1-9-5-6-10(14(17)18-2)8-11(9)15-13(16)12-4-3-7-19-12/h5-6,8,12H,3-4,7H2,1-2H3,(H,15,16)/t12-/m1/s1. The summed E-state index contributed by atoms with van der Waals surface area (Å²) >= 11 is 0. The number of benzene rings is 1. The number of amides is 1. The molecule has 0 unspecified atom stereocenters. The molecule has 1 heterocycles. The minimum atomic E-state index is -0.424. The molecule has 5 nitrogen and oxygen atoms in total. The van der Waals surface area contributed by atoms with Crippen molar-refractivity contribution in [2.45, 2.75) is 25.9 Å². The largest absolute Gasteiger partial charge is 0.465 e. The lowest BCUT2D eigenvalue weighted by Gasteiger charge is -2.13. The lowest BCUT2D eigenvalue weighted by atomic mass is 10.1. The Balaban J connectivity index is 2.14. The average Bonchev–Trinajstić information content (AvgIpc) is 2.94. The number of rotatable bonds is 3. The summed E-state index contributed by atoms with van der Waals surface area (Å²) in [7, 11) is 1.33. The molecule has 0 aromatic heterocycles. The van der Waals surface area contributed by atoms with Crippen LogP contribution in [0.5, 0.6) is 0 Å². The van der Waals surface area contributed by atoms with Crippen molar-refractivity contribution in [1.29, 1.82) is 0 Å². The summed E-state index contributed by atoms with van der Waals surface area (Å²) in [5.74, 6) is -0.588. The van der Waals surface area contributed by atoms with Crippen molar-refractivity contribution in [3.63, 3.8) is 0 Å². The summed E-state index contributed by atoms with van der Waals surface area (Å²) in [6.45, 7) is 2.49. The second-order valence-corrected chi connectivity index (χ2v) is 4.51. The molecule has 1 saturated heterocycles. The Morgan fingerprint density at radius 3 is 2.84 bits per heavy atom. The van der Waals surface area contributed by atoms with Crippen molar-refractivity contribution < 1.29 is 19.1 Å². The smallest absolute Gasteiger partial charge is 0.337 e. The highest BCUT2D eigenvalue weighted by atomic mass is 16.5. The molecule has 1 aliphatic heterocycles. The van der Waals surface area contributed by atoms with E-state index in [-0.39, 0.29) is 12.0 Å². The van der Waals surface area contributed by atoms with E-state index in [1.807, 2.05) is 6.92 Å². The van der Waals surface area contributed by atoms with Gasteiger partial charge in [0, 0.05) is 12.3 Å². The van der Waals surface area contributed by atoms with Crippen LogP contribution in [0.2, 0.25) is 0 Å². The van der Waals surface area contributed by atoms with Crippen molar-refractivity contribution in [3.8, 4) is 0 Å². The number of nitrogens with one attached hydrogen (secondary N) is 1. The predicted molar refractivity (Wildman–Crippen MR) is 70.1 cm³/mol. The van der Waals surface area contributed by atoms with Crippen LogP contribution in [-0.4, -0.2) is 31.7 Å². The first-order valence-corrected chi connectivity index (χ1v) is 6.23. The molecule has 1 aliphatic rings. The van der Waals surface area contributed by atoms with Gasteiger partial charge in [0.2, 0.25) is 0 Å². The van der Waals surface area contributed by atoms with Crippen molar-refractivity contribution in [2.75, 3.05) is 19.0 Å². The molecule has 5 heteroatoms. The first kappa shape index (κ1) is 13.5. The lowest BCUT2D eigenvalue weighted by Crippen LogP contribution is -2.27. The van der Waals surface area contributed by atoms with E-state index in [0.29, 0.717) is 17.9 Å². The Hall–Kier alpha value is -1.88. The van der Waals surface area contributed by atoms with Crippen molar-refractivity contribution in [3.05, 3.63) is 29.3 Å². The lowest BCUT2D eigenvalue weighted by molar-refractivity contribution is -0.124. The molecule has 0 radical (unpaired) electrons. The van der Waals surface area contributed by atoms with Crippen molar-refractivity contribution >= 4 is 17.6 Å². The third kappa shape index (κ3) is 3.12. The molecule has 1 N–H and O–H groups in total. The molecule has 0 aliphatic carbocycles. The number of anilines is 1. The molecule has 2 rings (SSSR count). The number of methoxy groups -OCH3 is 1. The quantitative estimate of drug-likeness (QED) is 0.846. The van der Waals surface area contributed by atoms with E-state index in [2.05, 4.69) is 10.1 Å². The Labute approximate surface area is 111 Å². The minimum Gasteiger partial charge on any atom is -0.465 e. The first-order valence-electron chi connectivity index (χ1n) is 6.23. The molecule has 1 aromatic rings. The average molecular weight is 263 g/mol. The van der Waals surface area contributed by atoms with Crippen molar-refractivity contribution in [2.24, 2.45) is 0 Å². The highest BCUT2D eigenvalue weighted by molar-refractivity contribution is 5.97. The van der Waals surface area contributed by atoms with E-state index in [4.69, 9.17) is 4.74 Å². The number of carbonyl (C=O) groups excluding carboxylic acids is 2. The number of esters is 1. The maximum atomic E-state index is 12.0. The zero-order chi connectivity index (χ0) is 13.8. The van der Waals surface area contributed by atoms with Gasteiger partial charge in [-0.05, 0) is 37.5 Å². The van der Waals surface area contributed by atoms with Gasteiger partial charge >= 0.3 is 5.97 Å². The van der Waals surface area contributed by atoms with Crippen LogP contribution >= 0.6 is 0 Å². The Morgan fingerprint density at radius 1 is 1.42 bits per heavy atom. The second-order valence-electron chi connectivity index (χ2n) is 4.51. The van der Waals surface area contributed by atoms with Gasteiger partial charge in [0.15, 0.2) is 0 Å². The van der Waals surface area contributed by atoms with E-state index in [9.17, 15) is 9.59 Å². The zero-order valence-corrected chi connectivity index (χ0v) is 11.1. The maximum absolute atomic E-state index is 12.0. The molecular weight excluding hydrogens is 246 g/mol. The van der Waals surface area contributed by atoms with Crippen LogP contribution in [0.25, 0.3) is 0 Å². The molecule has 1 atom stereocenters. The van der Waals surface area contributed by atoms with E-state index < -0.39 is 5.97 Å². The third-order valence-corrected chi connectivity index (χ3v) is 3.14. The molecular formula is C14H17NO4. The summed E-state index contributed by atoms with van der Waals surface area (Å²) < 4.78 is 9.98. The number of hydrogen-bond donors (Lipinski definition) is 1. The van der Waals surface area contributed by atoms with Gasteiger partial charge in [-0.25, -0.2) is 4.79 Å². The van der Waals surface area contributed by atoms with Crippen LogP contribution in [0.1, 0.15) is 28.8 Å². The van der Waals surface area contributed by atoms with Gasteiger partial charge in [-0.15, -0.1) is 0 Å². The van der Waals surface area contributed by atoms with Gasteiger partial charge in [-0.2, -0.15) is 0 Å². The zero-order valence-electron chi connectivity index (χ0n) is 11.1. The summed E-state index contributed by atoms with van der Waals surface area (Å²) in [5, 5.41) is 2.80. The fraction of sp³-hybridized carbons (Fsp3) is 0.429. The summed E-state index contributed by atoms with van der Waals surface area (Å²) in [6, 6.07) is 5.06. The molecule has 102 valence electrons. The van der Waals surface area contributed by atoms with E-state index in [0.717, 1.165) is 18.4 Å². The van der Waals surface area contributed by atoms with Gasteiger partial charge in [-0.3, -0.25) is 4.79 Å². The molecule has 0 bridgehead atoms. The highest BCUT2D eigenvalue weighted by Gasteiger charge is 2.24. The van der Waals surface area contributed by atoms with Crippen LogP contribution in [-0.2, 0) is 14.3 Å². The fourth-order valence-corrected chi connectivity index (χ4v) is 2.00. The van der Waals surface area contributed by atoms with E-state index in [1.165, 1.54) is 7.11 Å². The summed E-state index contributed by atoms with van der Waals surface area (Å²) in [5.41, 5.74) is 1.91. The molecule has 0 spiro atoms. The highest BCUT2D eigenvalue weighted by Crippen LogP contribution is 2.20. The summed E-state index contributed by atoms with van der Waals surface area (Å²) in [4.78, 5) is 23.4. The van der Waals surface area contributed by atoms with Crippen LogP contribution in [0.3, 0.4) is 0 Å². The van der Waals surface area contributed by atoms with Gasteiger partial charge in [0.05, 0.1) is 12.7 Å². The second kappa shape index (κ2) is 5.84. The third-order valence-electron chi connectivity index (χ3n) is 3.14. The number of ether oxygens (including phenoxy) is 2. The van der Waals surface area contributed by atoms with Crippen LogP contribution < -0.4 is 5.32 Å². The molecule has 1 aromatic carbocycles. The van der Waals surface area contributed by atoms with Gasteiger partial charge in [-0.1, -0.05) is 6.07 Å². The Bertz CT molecular complexity index is 492. The predicted octanol–water partition coefficient (Wildman–Crippen LogP) is 1.90. The van der Waals surface area contributed by atoms with Crippen LogP contribution in [0, 0.1) is 6.92 Å². The van der Waals surface area contributed by atoms with E-state index >= 15 is 0 Å². The first-order chi connectivity index (χ1) is 9.11. The van der Waals surface area contributed by atoms with E-state index in [1.54, 1.807) is 18.2 Å². The monoisotopic (exact) mass is 263 g/mol. The normalized spacial score (nSPS) is 18.1. The molecule has 1 amide bonds. The molecule has 19 heavy (non-hydrogen) atoms. The van der Waals surface area contributed by atoms with Crippen molar-refractivity contribution in [1.82, 2.24) is 0 Å². The fourth-order valence-electron chi connectivity index (χ4n) is 2.00. The SMILES string of the molecule is COC(=O)c1ccc(C)c(NC(=O)[C@H]2CCCO2)c1. The minimum absolute atomic E-state index is 0.164. The topological polar surface area (TPSA) is 64.6 Å². The summed E-state index contributed by atoms with van der Waals surface area (Å²) in [6.07, 6.45) is 1.25. The Morgan fingerprint density at radius 2 is 2.21 bits per heavy atom. The van der Waals surface area contributed by atoms with Gasteiger partial charge in [0.1, 0.15) is 6.10 Å². The number of hydrogen-bond acceptors (Lipinski definition) is 4. The Kier molecular flexibility index (Phi) is 4.16. The van der Waals surface area contributed by atoms with Gasteiger partial charge in [0.25, 0.3) is 5.91 Å². The van der Waals surface area contributed by atoms with Crippen LogP contribution in [0.4, 0.5) is 5.69 Å². The van der Waals surface area contributed by atoms with Gasteiger partial charge < -0.3 is 14.8 Å². The number of aryl methyl sites for hydroxylation is 1. The van der Waals surface area contributed by atoms with Crippen LogP contribution in [0.15, 0.2) is 18.2 Å². The number of carbonyl (C=O) groups is 2. The maximum Gasteiger partial charge on any atom is 0.337 e.